The van der Waals surface area contributed by atoms with Gasteiger partial charge in [-0.2, -0.15) is 0 Å². The van der Waals surface area contributed by atoms with Crippen molar-refractivity contribution in [2.45, 2.75) is 6.54 Å². The van der Waals surface area contributed by atoms with Crippen LogP contribution in [0.25, 0.3) is 0 Å². The number of rotatable bonds is 3. The molecule has 0 unspecified atom stereocenters. The second-order valence-corrected chi connectivity index (χ2v) is 2.20. The van der Waals surface area contributed by atoms with Crippen LogP contribution in [-0.2, 0) is 18.4 Å². The molecule has 1 aromatic rings. The predicted octanol–water partition coefficient (Wildman–Crippen LogP) is -2.21. The Morgan fingerprint density at radius 1 is 1.75 bits per heavy atom. The SMILES string of the molecule is Cn1nnnc1CNC(=O)CN. The zero-order valence-electron chi connectivity index (χ0n) is 6.69. The standard InChI is InChI=1S/C5H10N6O/c1-11-4(8-9-10-11)3-7-5(12)2-6/h2-3,6H2,1H3,(H,7,12). The van der Waals surface area contributed by atoms with Crippen molar-refractivity contribution in [3.63, 3.8) is 0 Å². The first-order valence-electron chi connectivity index (χ1n) is 3.42. The quantitative estimate of drug-likeness (QED) is 0.535. The molecule has 0 aliphatic carbocycles. The van der Waals surface area contributed by atoms with E-state index in [2.05, 4.69) is 20.8 Å². The van der Waals surface area contributed by atoms with Crippen LogP contribution in [0.1, 0.15) is 5.82 Å². The first kappa shape index (κ1) is 8.60. The van der Waals surface area contributed by atoms with E-state index < -0.39 is 0 Å². The molecule has 0 radical (unpaired) electrons. The molecular weight excluding hydrogens is 160 g/mol. The smallest absolute Gasteiger partial charge is 0.234 e. The molecule has 7 nitrogen and oxygen atoms in total. The summed E-state index contributed by atoms with van der Waals surface area (Å²) in [5.74, 6) is 0.370. The van der Waals surface area contributed by atoms with Crippen LogP contribution < -0.4 is 11.1 Å². The van der Waals surface area contributed by atoms with E-state index in [9.17, 15) is 4.79 Å². The number of nitrogens with one attached hydrogen (secondary N) is 1. The van der Waals surface area contributed by atoms with Crippen LogP contribution in [0, 0.1) is 0 Å². The zero-order chi connectivity index (χ0) is 8.97. The van der Waals surface area contributed by atoms with E-state index in [1.807, 2.05) is 0 Å². The van der Waals surface area contributed by atoms with Gasteiger partial charge in [0.15, 0.2) is 5.82 Å². The van der Waals surface area contributed by atoms with Gasteiger partial charge in [-0.3, -0.25) is 4.79 Å². The van der Waals surface area contributed by atoms with Gasteiger partial charge in [-0.25, -0.2) is 4.68 Å². The molecule has 0 saturated carbocycles. The number of amides is 1. The first-order chi connectivity index (χ1) is 5.74. The Balaban J connectivity index is 2.43. The van der Waals surface area contributed by atoms with E-state index in [1.54, 1.807) is 7.05 Å². The average Bonchev–Trinajstić information content (AvgIpc) is 2.47. The van der Waals surface area contributed by atoms with Gasteiger partial charge in [0.05, 0.1) is 13.1 Å². The normalized spacial score (nSPS) is 9.83. The molecule has 0 aromatic carbocycles. The van der Waals surface area contributed by atoms with Gasteiger partial charge in [0.25, 0.3) is 0 Å². The summed E-state index contributed by atoms with van der Waals surface area (Å²) in [5.41, 5.74) is 5.08. The molecule has 66 valence electrons. The molecule has 1 aromatic heterocycles. The predicted molar refractivity (Wildman–Crippen MR) is 39.7 cm³/mol. The number of tetrazole rings is 1. The van der Waals surface area contributed by atoms with Gasteiger partial charge >= 0.3 is 0 Å². The first-order valence-corrected chi connectivity index (χ1v) is 3.42. The van der Waals surface area contributed by atoms with Gasteiger partial charge in [0.1, 0.15) is 0 Å². The van der Waals surface area contributed by atoms with Crippen LogP contribution in [0.15, 0.2) is 0 Å². The lowest BCUT2D eigenvalue weighted by molar-refractivity contribution is -0.119. The van der Waals surface area contributed by atoms with Crippen LogP contribution in [0.5, 0.6) is 0 Å². The van der Waals surface area contributed by atoms with Gasteiger partial charge in [0, 0.05) is 7.05 Å². The lowest BCUT2D eigenvalue weighted by Gasteiger charge is -2.00. The number of carbonyl (C=O) groups is 1. The minimum Gasteiger partial charge on any atom is -0.348 e. The highest BCUT2D eigenvalue weighted by Crippen LogP contribution is 1.85. The van der Waals surface area contributed by atoms with Crippen LogP contribution in [-0.4, -0.2) is 32.7 Å². The van der Waals surface area contributed by atoms with Crippen molar-refractivity contribution in [3.05, 3.63) is 5.82 Å². The second kappa shape index (κ2) is 3.77. The highest BCUT2D eigenvalue weighted by molar-refractivity contribution is 5.77. The Kier molecular flexibility index (Phi) is 2.70. The molecule has 1 heterocycles. The fourth-order valence-corrected chi connectivity index (χ4v) is 0.648. The lowest BCUT2D eigenvalue weighted by Crippen LogP contribution is -2.30. The van der Waals surface area contributed by atoms with E-state index in [1.165, 1.54) is 4.68 Å². The molecule has 0 aliphatic rings. The monoisotopic (exact) mass is 170 g/mol. The van der Waals surface area contributed by atoms with Crippen molar-refractivity contribution in [2.24, 2.45) is 12.8 Å². The Hall–Kier alpha value is -1.50. The fourth-order valence-electron chi connectivity index (χ4n) is 0.648. The summed E-state index contributed by atoms with van der Waals surface area (Å²) in [4.78, 5) is 10.7. The molecule has 0 atom stereocenters. The van der Waals surface area contributed by atoms with Gasteiger partial charge in [-0.15, -0.1) is 5.10 Å². The van der Waals surface area contributed by atoms with Crippen molar-refractivity contribution in [2.75, 3.05) is 6.54 Å². The molecular formula is C5H10N6O. The Morgan fingerprint density at radius 3 is 3.00 bits per heavy atom. The average molecular weight is 170 g/mol. The summed E-state index contributed by atoms with van der Waals surface area (Å²) in [6.07, 6.45) is 0. The lowest BCUT2D eigenvalue weighted by atomic mass is 10.5. The van der Waals surface area contributed by atoms with Crippen LogP contribution in [0.2, 0.25) is 0 Å². The van der Waals surface area contributed by atoms with E-state index in [0.29, 0.717) is 12.4 Å². The molecule has 0 spiro atoms. The van der Waals surface area contributed by atoms with E-state index >= 15 is 0 Å². The number of nitrogens with two attached hydrogens (primary N) is 1. The van der Waals surface area contributed by atoms with Crippen LogP contribution >= 0.6 is 0 Å². The maximum Gasteiger partial charge on any atom is 0.234 e. The van der Waals surface area contributed by atoms with E-state index in [4.69, 9.17) is 5.73 Å². The Bertz CT molecular complexity index is 269. The Morgan fingerprint density at radius 2 is 2.50 bits per heavy atom. The molecule has 12 heavy (non-hydrogen) atoms. The Labute approximate surface area is 68.9 Å². The second-order valence-electron chi connectivity index (χ2n) is 2.20. The van der Waals surface area contributed by atoms with Crippen molar-refractivity contribution >= 4 is 5.91 Å². The number of aryl methyl sites for hydroxylation is 1. The molecule has 0 fully saturated rings. The number of hydrogen-bond donors (Lipinski definition) is 2. The number of aromatic nitrogens is 4. The highest BCUT2D eigenvalue weighted by atomic mass is 16.1. The summed E-state index contributed by atoms with van der Waals surface area (Å²) in [6, 6.07) is 0. The third kappa shape index (κ3) is 1.99. The van der Waals surface area contributed by atoms with Gasteiger partial charge < -0.3 is 11.1 Å². The number of nitrogens with zero attached hydrogens (tertiary/aromatic N) is 4. The van der Waals surface area contributed by atoms with Gasteiger partial charge in [-0.1, -0.05) is 0 Å². The maximum atomic E-state index is 10.7. The third-order valence-corrected chi connectivity index (χ3v) is 1.34. The van der Waals surface area contributed by atoms with Gasteiger partial charge in [-0.05, 0) is 10.4 Å². The number of hydrogen-bond acceptors (Lipinski definition) is 5. The zero-order valence-corrected chi connectivity index (χ0v) is 6.69. The molecule has 0 bridgehead atoms. The molecule has 1 amide bonds. The van der Waals surface area contributed by atoms with Crippen LogP contribution in [0.4, 0.5) is 0 Å². The summed E-state index contributed by atoms with van der Waals surface area (Å²) < 4.78 is 1.48. The molecule has 7 heteroatoms. The molecule has 0 saturated heterocycles. The van der Waals surface area contributed by atoms with Crippen molar-refractivity contribution in [1.29, 1.82) is 0 Å². The van der Waals surface area contributed by atoms with E-state index in [-0.39, 0.29) is 12.5 Å². The van der Waals surface area contributed by atoms with E-state index in [0.717, 1.165) is 0 Å². The largest absolute Gasteiger partial charge is 0.348 e. The van der Waals surface area contributed by atoms with Crippen molar-refractivity contribution in [1.82, 2.24) is 25.5 Å². The highest BCUT2D eigenvalue weighted by Gasteiger charge is 2.02. The molecule has 1 rings (SSSR count). The van der Waals surface area contributed by atoms with Crippen molar-refractivity contribution in [3.8, 4) is 0 Å². The summed E-state index contributed by atoms with van der Waals surface area (Å²) in [6.45, 7) is 0.283. The molecule has 0 aliphatic heterocycles. The van der Waals surface area contributed by atoms with Crippen LogP contribution in [0.3, 0.4) is 0 Å². The third-order valence-electron chi connectivity index (χ3n) is 1.34. The minimum absolute atomic E-state index is 0.0225. The fraction of sp³-hybridized carbons (Fsp3) is 0.600. The number of carbonyl (C=O) groups excluding carboxylic acids is 1. The molecule has 3 N–H and O–H groups in total. The maximum absolute atomic E-state index is 10.7. The van der Waals surface area contributed by atoms with Crippen molar-refractivity contribution < 1.29 is 4.79 Å². The summed E-state index contributed by atoms with van der Waals surface area (Å²) >= 11 is 0. The summed E-state index contributed by atoms with van der Waals surface area (Å²) in [7, 11) is 1.70. The summed E-state index contributed by atoms with van der Waals surface area (Å²) in [5, 5.41) is 13.2. The minimum atomic E-state index is -0.224. The topological polar surface area (TPSA) is 98.7 Å². The van der Waals surface area contributed by atoms with Gasteiger partial charge in [0.2, 0.25) is 5.91 Å².